The van der Waals surface area contributed by atoms with Gasteiger partial charge in [-0.1, -0.05) is 89.4 Å². The number of aliphatic imine (C=N–C) groups is 2. The molecule has 1 amide bonds. The van der Waals surface area contributed by atoms with Crippen LogP contribution in [0, 0.1) is 74.4 Å². The third-order valence-corrected chi connectivity index (χ3v) is 33.1. The summed E-state index contributed by atoms with van der Waals surface area (Å²) in [5, 5.41) is 55.0. The quantitative estimate of drug-likeness (QED) is 0.0422. The van der Waals surface area contributed by atoms with Crippen LogP contribution in [0.3, 0.4) is 0 Å². The lowest BCUT2D eigenvalue weighted by atomic mass is 9.42. The number of hydrogen-bond donors (Lipinski definition) is 8. The second kappa shape index (κ2) is 23.7. The first-order valence-electron chi connectivity index (χ1n) is 36.8. The van der Waals surface area contributed by atoms with Gasteiger partial charge < -0.3 is 57.3 Å². The maximum Gasteiger partial charge on any atom is 0.303 e. The zero-order chi connectivity index (χ0) is 63.9. The lowest BCUT2D eigenvalue weighted by molar-refractivity contribution is -0.180. The molecular weight excluding hydrogens is 1200 g/mol. The minimum atomic E-state index is -0.937. The third kappa shape index (κ3) is 9.82. The molecule has 6 spiro atoms. The molecule has 7 aliphatic heterocycles. The first kappa shape index (κ1) is 63.3. The van der Waals surface area contributed by atoms with Crippen molar-refractivity contribution < 1.29 is 39.5 Å². The zero-order valence-corrected chi connectivity index (χ0v) is 56.8. The Hall–Kier alpha value is -4.42. The number of aromatic hydroxyl groups is 1. The molecule has 15 nitrogen and oxygen atoms in total. The number of nitrogens with zero attached hydrogens (tertiary/aromatic N) is 3. The molecule has 20 atom stereocenters. The molecule has 12 bridgehead atoms. The molecule has 11 N–H and O–H groups in total. The number of amides is 1. The van der Waals surface area contributed by atoms with Crippen molar-refractivity contribution >= 4 is 45.4 Å². The van der Waals surface area contributed by atoms with E-state index in [2.05, 4.69) is 92.6 Å². The van der Waals surface area contributed by atoms with E-state index in [1.807, 2.05) is 4.90 Å². The van der Waals surface area contributed by atoms with Gasteiger partial charge >= 0.3 is 5.97 Å². The molecule has 504 valence electrons. The van der Waals surface area contributed by atoms with Gasteiger partial charge in [0.25, 0.3) is 0 Å². The standard InChI is InChI=1S/C76H105N7O8S2/c1-46(85)90-71-33-21-48-37-51(64(88)65-62(48)49-22-35-74(91-65)29-7-13-52(74)38-49)43-83-45-72(40-61(83)87)53(14-16-56(72)47-11-3-2-4-12-47)42-81-68(79)82-76(31-8-27-70(76)25-5-6-26-70)93-92-60-19-18-57-54(55(23-34-71)59(86)39-71)15-17-58(60)75(57)30-9-28-73(75)44-69(24-10-36-84)32-20-50(41-80-67(77)78)63(69)66(73)89/h2-4,11-12,18-19,22,35,37,49-50,52-60,63,66,84,86,88-89H,5-10,13-17,20-21,23-34,36,38-45H2,1H3,(H4,77,78,80)(H3,79,81,82). The highest BCUT2D eigenvalue weighted by Crippen LogP contribution is 2.80. The number of fused-ring (bicyclic) bond motifs is 3. The number of nitrogens with two attached hydrogens (primary N) is 3. The van der Waals surface area contributed by atoms with Gasteiger partial charge in [-0.15, -0.1) is 0 Å². The van der Waals surface area contributed by atoms with Crippen molar-refractivity contribution in [1.82, 2.24) is 10.2 Å². The maximum absolute atomic E-state index is 15.2. The summed E-state index contributed by atoms with van der Waals surface area (Å²) in [6.45, 7) is 3.42. The largest absolute Gasteiger partial charge is 0.504 e. The van der Waals surface area contributed by atoms with E-state index in [1.54, 1.807) is 0 Å². The molecule has 0 aromatic heterocycles. The summed E-state index contributed by atoms with van der Waals surface area (Å²) >= 11 is 0. The summed E-state index contributed by atoms with van der Waals surface area (Å²) in [5.74, 6) is 2.23. The molecule has 20 unspecified atom stereocenters. The highest BCUT2D eigenvalue weighted by atomic mass is 33.1. The summed E-state index contributed by atoms with van der Waals surface area (Å²) in [6.07, 6.45) is 34.8. The van der Waals surface area contributed by atoms with Crippen LogP contribution in [-0.2, 0) is 27.3 Å². The smallest absolute Gasteiger partial charge is 0.303 e. The average Bonchev–Trinajstić information content (AvgIpc) is 1.50. The van der Waals surface area contributed by atoms with Crippen LogP contribution in [-0.4, -0.2) is 109 Å². The van der Waals surface area contributed by atoms with E-state index in [0.717, 1.165) is 140 Å². The van der Waals surface area contributed by atoms with E-state index in [9.17, 15) is 25.2 Å². The van der Waals surface area contributed by atoms with Crippen molar-refractivity contribution in [1.29, 1.82) is 0 Å². The normalized spacial score (nSPS) is 44.2. The molecule has 2 aromatic carbocycles. The summed E-state index contributed by atoms with van der Waals surface area (Å²) in [4.78, 5) is 40.6. The number of carbonyl (C=O) groups is 2. The molecule has 18 aliphatic rings. The van der Waals surface area contributed by atoms with Crippen LogP contribution in [0.5, 0.6) is 11.5 Å². The number of carbonyl (C=O) groups excluding carboxylic acids is 2. The van der Waals surface area contributed by atoms with Gasteiger partial charge in [-0.2, -0.15) is 0 Å². The van der Waals surface area contributed by atoms with Crippen molar-refractivity contribution in [3.63, 3.8) is 0 Å². The Morgan fingerprint density at radius 1 is 0.882 bits per heavy atom. The zero-order valence-electron chi connectivity index (χ0n) is 55.1. The van der Waals surface area contributed by atoms with E-state index >= 15 is 4.79 Å². The van der Waals surface area contributed by atoms with E-state index < -0.39 is 34.2 Å². The summed E-state index contributed by atoms with van der Waals surface area (Å²) in [6, 6.07) is 13.0. The van der Waals surface area contributed by atoms with Crippen LogP contribution in [0.25, 0.3) is 0 Å². The lowest BCUT2D eigenvalue weighted by Gasteiger charge is -2.64. The Kier molecular flexibility index (Phi) is 16.1. The monoisotopic (exact) mass is 1310 g/mol. The van der Waals surface area contributed by atoms with Gasteiger partial charge in [0, 0.05) is 97.0 Å². The van der Waals surface area contributed by atoms with Gasteiger partial charge in [0.1, 0.15) is 16.1 Å². The molecule has 20 rings (SSSR count). The van der Waals surface area contributed by atoms with E-state index in [1.165, 1.54) is 25.3 Å². The highest BCUT2D eigenvalue weighted by molar-refractivity contribution is 8.77. The number of ether oxygens (including phenoxy) is 2. The first-order valence-corrected chi connectivity index (χ1v) is 39.1. The Morgan fingerprint density at radius 3 is 2.52 bits per heavy atom. The van der Waals surface area contributed by atoms with Gasteiger partial charge in [-0.3, -0.25) is 19.6 Å². The number of phenolic OH excluding ortho intramolecular Hbond substituents is 1. The molecule has 2 aromatic rings. The SMILES string of the molecule is CC(=O)OC12CCc3cc(c(O)c4c3C3C=CC5(CCCC5C3)O4)CN3CC4(CC3=O)C(CCC4c3ccccc3)CN=C(N)NC3(CCCC34CCCC4)SSC3C=CC4C(CCC3C43CCCC34CC3(CCCO)CCC(CN=C(N)N)C3C4O)C(CC1)C(O)C2. The summed E-state index contributed by atoms with van der Waals surface area (Å²) < 4.78 is 14.0. The van der Waals surface area contributed by atoms with Gasteiger partial charge in [-0.25, -0.2) is 0 Å². The third-order valence-electron chi connectivity index (χ3n) is 29.5. The van der Waals surface area contributed by atoms with Crippen LogP contribution in [0.2, 0.25) is 0 Å². The number of aryl methyl sites for hydroxylation is 1. The van der Waals surface area contributed by atoms with Gasteiger partial charge in [0.15, 0.2) is 23.4 Å². The minimum absolute atomic E-state index is 0.00911. The van der Waals surface area contributed by atoms with Crippen LogP contribution in [0.1, 0.15) is 221 Å². The van der Waals surface area contributed by atoms with Crippen LogP contribution in [0.4, 0.5) is 0 Å². The Morgan fingerprint density at radius 2 is 1.71 bits per heavy atom. The lowest BCUT2D eigenvalue weighted by Crippen LogP contribution is -2.62. The molecule has 17 heteroatoms. The highest BCUT2D eigenvalue weighted by Gasteiger charge is 2.76. The van der Waals surface area contributed by atoms with Gasteiger partial charge in [0.2, 0.25) is 5.91 Å². The van der Waals surface area contributed by atoms with E-state index in [-0.39, 0.29) is 116 Å². The summed E-state index contributed by atoms with van der Waals surface area (Å²) in [7, 11) is 4.12. The fraction of sp³-hybridized carbons (Fsp3) is 0.737. The van der Waals surface area contributed by atoms with Crippen molar-refractivity contribution in [2.24, 2.45) is 102 Å². The summed E-state index contributed by atoms with van der Waals surface area (Å²) in [5.41, 5.74) is 21.0. The minimum Gasteiger partial charge on any atom is -0.504 e. The number of benzene rings is 2. The van der Waals surface area contributed by atoms with Crippen LogP contribution < -0.4 is 27.3 Å². The number of aliphatic hydroxyl groups excluding tert-OH is 3. The first-order chi connectivity index (χ1) is 44.9. The molecule has 93 heavy (non-hydrogen) atoms. The number of phenols is 1. The maximum atomic E-state index is 15.2. The second-order valence-electron chi connectivity index (χ2n) is 33.2. The number of hydrogen-bond acceptors (Lipinski definition) is 14. The number of guanidine groups is 2. The van der Waals surface area contributed by atoms with E-state index in [4.69, 9.17) is 31.7 Å². The molecule has 0 radical (unpaired) electrons. The van der Waals surface area contributed by atoms with Crippen molar-refractivity contribution in [2.45, 2.75) is 245 Å². The van der Waals surface area contributed by atoms with Crippen molar-refractivity contribution in [2.75, 3.05) is 26.2 Å². The molecular formula is C76H105N7O8S2. The fourth-order valence-corrected chi connectivity index (χ4v) is 30.1. The van der Waals surface area contributed by atoms with Crippen LogP contribution in [0.15, 0.2) is 70.7 Å². The predicted octanol–water partition coefficient (Wildman–Crippen LogP) is 12.0. The molecule has 11 aliphatic carbocycles. The second-order valence-corrected chi connectivity index (χ2v) is 35.8. The topological polar surface area (TPSA) is 252 Å². The number of allylic oxidation sites excluding steroid dienone is 2. The van der Waals surface area contributed by atoms with Crippen molar-refractivity contribution in [3.05, 3.63) is 83.0 Å². The van der Waals surface area contributed by atoms with Gasteiger partial charge in [0.05, 0.1) is 12.2 Å². The Bertz CT molecular complexity index is 3350. The molecule has 1 saturated heterocycles. The number of esters is 1. The molecule has 10 fully saturated rings. The molecule has 7 heterocycles. The van der Waals surface area contributed by atoms with Gasteiger partial charge in [-0.05, 0) is 236 Å². The fourth-order valence-electron chi connectivity index (χ4n) is 26.0. The Labute approximate surface area is 559 Å². The van der Waals surface area contributed by atoms with E-state index in [0.29, 0.717) is 87.8 Å². The number of aliphatic hydroxyl groups is 3. The van der Waals surface area contributed by atoms with Crippen LogP contribution >= 0.6 is 21.6 Å². The van der Waals surface area contributed by atoms with Crippen molar-refractivity contribution in [3.8, 4) is 11.5 Å². The predicted molar refractivity (Wildman–Crippen MR) is 366 cm³/mol. The molecule has 9 saturated carbocycles. The number of rotatable bonds is 7. The Balaban J connectivity index is 0.819. The number of nitrogens with one attached hydrogen (secondary N) is 1. The average molecular weight is 1310 g/mol.